The lowest BCUT2D eigenvalue weighted by molar-refractivity contribution is -0.126. The number of ether oxygens (including phenoxy) is 2. The van der Waals surface area contributed by atoms with Crippen LogP contribution < -0.4 is 5.32 Å². The number of carbonyl (C=O) groups is 1. The van der Waals surface area contributed by atoms with Gasteiger partial charge in [0.15, 0.2) is 0 Å². The molecular formula is C16H21NO3. The average Bonchev–Trinajstić information content (AvgIpc) is 3.30. The lowest BCUT2D eigenvalue weighted by Crippen LogP contribution is -2.39. The Morgan fingerprint density at radius 2 is 1.60 bits per heavy atom. The summed E-state index contributed by atoms with van der Waals surface area (Å²) in [5.74, 6) is 3.98. The number of amides is 1. The van der Waals surface area contributed by atoms with E-state index in [4.69, 9.17) is 9.47 Å². The van der Waals surface area contributed by atoms with Gasteiger partial charge in [-0.1, -0.05) is 0 Å². The van der Waals surface area contributed by atoms with Crippen LogP contribution in [-0.4, -0.2) is 36.9 Å². The molecule has 1 amide bonds. The second-order valence-electron chi connectivity index (χ2n) is 8.03. The first-order valence-electron chi connectivity index (χ1n) is 8.38. The number of hydrogen-bond acceptors (Lipinski definition) is 3. The molecule has 0 aromatic carbocycles. The van der Waals surface area contributed by atoms with E-state index >= 15 is 0 Å². The highest BCUT2D eigenvalue weighted by Gasteiger charge is 2.65. The highest BCUT2D eigenvalue weighted by atomic mass is 16.6. The summed E-state index contributed by atoms with van der Waals surface area (Å²) in [7, 11) is 0. The number of carbonyl (C=O) groups excluding carboxylic acids is 1. The molecule has 1 N–H and O–H groups in total. The summed E-state index contributed by atoms with van der Waals surface area (Å²) in [6.07, 6.45) is 7.05. The molecular weight excluding hydrogens is 254 g/mol. The zero-order valence-corrected chi connectivity index (χ0v) is 11.5. The molecule has 0 spiro atoms. The topological polar surface area (TPSA) is 54.2 Å². The van der Waals surface area contributed by atoms with E-state index < -0.39 is 0 Å². The summed E-state index contributed by atoms with van der Waals surface area (Å²) in [4.78, 5) is 12.5. The third-order valence-electron chi connectivity index (χ3n) is 7.21. The van der Waals surface area contributed by atoms with Crippen LogP contribution >= 0.6 is 0 Å². The zero-order valence-electron chi connectivity index (χ0n) is 11.5. The number of nitrogens with one attached hydrogen (secondary N) is 1. The summed E-state index contributed by atoms with van der Waals surface area (Å²) in [5, 5.41) is 3.26. The van der Waals surface area contributed by atoms with Gasteiger partial charge < -0.3 is 14.8 Å². The second kappa shape index (κ2) is 3.41. The van der Waals surface area contributed by atoms with Gasteiger partial charge in [0.25, 0.3) is 0 Å². The van der Waals surface area contributed by atoms with Crippen LogP contribution in [0.1, 0.15) is 25.7 Å². The van der Waals surface area contributed by atoms with Gasteiger partial charge in [0.1, 0.15) is 0 Å². The third kappa shape index (κ3) is 1.28. The normalized spacial score (nSPS) is 63.2. The quantitative estimate of drug-likeness (QED) is 0.780. The summed E-state index contributed by atoms with van der Waals surface area (Å²) in [6, 6.07) is 0. The summed E-state index contributed by atoms with van der Waals surface area (Å²) < 4.78 is 11.4. The van der Waals surface area contributed by atoms with Crippen molar-refractivity contribution in [2.45, 2.75) is 50.1 Å². The summed E-state index contributed by atoms with van der Waals surface area (Å²) in [5.41, 5.74) is 0. The van der Waals surface area contributed by atoms with Crippen LogP contribution in [0.3, 0.4) is 0 Å². The molecule has 0 radical (unpaired) electrons. The molecule has 108 valence electrons. The fraction of sp³-hybridized carbons (Fsp3) is 0.938. The molecule has 20 heavy (non-hydrogen) atoms. The standard InChI is InChI=1S/C16H21NO3/c18-16(11-4-7-3-10(11)15-13(7)20-15)17-5-8-1-6-2-9(8)14-12(6)19-14/h6-15H,1-5H2,(H,17,18)/t6-,7-,8-,9-,10+,11+,12+,13-,14-,15+/m1/s1. The fourth-order valence-corrected chi connectivity index (χ4v) is 6.23. The Balaban J connectivity index is 1.09. The van der Waals surface area contributed by atoms with Crippen molar-refractivity contribution in [1.82, 2.24) is 5.32 Å². The monoisotopic (exact) mass is 275 g/mol. The van der Waals surface area contributed by atoms with Gasteiger partial charge in [0.05, 0.1) is 24.4 Å². The van der Waals surface area contributed by atoms with Gasteiger partial charge >= 0.3 is 0 Å². The molecule has 0 aromatic heterocycles. The Morgan fingerprint density at radius 3 is 2.25 bits per heavy atom. The molecule has 2 aliphatic heterocycles. The van der Waals surface area contributed by atoms with Crippen LogP contribution in [0.15, 0.2) is 0 Å². The van der Waals surface area contributed by atoms with E-state index in [9.17, 15) is 4.79 Å². The van der Waals surface area contributed by atoms with E-state index in [-0.39, 0.29) is 5.92 Å². The first-order chi connectivity index (χ1) is 9.79. The van der Waals surface area contributed by atoms with Crippen LogP contribution in [0, 0.1) is 35.5 Å². The SMILES string of the molecule is O=C(NC[C@H]1C[C@@H]2C[C@H]1[C@H]1O[C@@H]21)[C@H]1C[C@H]2C[C@@H]1[C@@H]1O[C@H]21. The molecule has 4 bridgehead atoms. The predicted molar refractivity (Wildman–Crippen MR) is 69.7 cm³/mol. The van der Waals surface area contributed by atoms with Gasteiger partial charge in [-0.05, 0) is 55.3 Å². The number of fused-ring (bicyclic) bond motifs is 10. The third-order valence-corrected chi connectivity index (χ3v) is 7.21. The zero-order chi connectivity index (χ0) is 13.0. The van der Waals surface area contributed by atoms with Crippen LogP contribution in [0.2, 0.25) is 0 Å². The van der Waals surface area contributed by atoms with E-state index in [0.717, 1.165) is 24.8 Å². The lowest BCUT2D eigenvalue weighted by atomic mass is 9.86. The van der Waals surface area contributed by atoms with Crippen LogP contribution in [0.5, 0.6) is 0 Å². The van der Waals surface area contributed by atoms with Crippen LogP contribution in [-0.2, 0) is 14.3 Å². The molecule has 4 heteroatoms. The van der Waals surface area contributed by atoms with Crippen LogP contribution in [0.4, 0.5) is 0 Å². The molecule has 4 aliphatic carbocycles. The van der Waals surface area contributed by atoms with Crippen molar-refractivity contribution in [3.8, 4) is 0 Å². The number of hydrogen-bond donors (Lipinski definition) is 1. The van der Waals surface area contributed by atoms with Gasteiger partial charge in [0.2, 0.25) is 5.91 Å². The molecule has 4 saturated carbocycles. The Morgan fingerprint density at radius 1 is 0.900 bits per heavy atom. The molecule has 6 fully saturated rings. The molecule has 0 aromatic rings. The van der Waals surface area contributed by atoms with Crippen LogP contribution in [0.25, 0.3) is 0 Å². The first-order valence-corrected chi connectivity index (χ1v) is 8.38. The van der Waals surface area contributed by atoms with Gasteiger partial charge in [-0.25, -0.2) is 0 Å². The number of rotatable bonds is 3. The largest absolute Gasteiger partial charge is 0.369 e. The van der Waals surface area contributed by atoms with Crippen molar-refractivity contribution >= 4 is 5.91 Å². The molecule has 2 saturated heterocycles. The van der Waals surface area contributed by atoms with Gasteiger partial charge in [0, 0.05) is 12.5 Å². The van der Waals surface area contributed by atoms with E-state index in [1.54, 1.807) is 0 Å². The fourth-order valence-electron chi connectivity index (χ4n) is 6.23. The Labute approximate surface area is 118 Å². The molecule has 6 rings (SSSR count). The smallest absolute Gasteiger partial charge is 0.223 e. The Hall–Kier alpha value is -0.610. The second-order valence-corrected chi connectivity index (χ2v) is 8.03. The van der Waals surface area contributed by atoms with Gasteiger partial charge in [-0.15, -0.1) is 0 Å². The molecule has 6 aliphatic rings. The summed E-state index contributed by atoms with van der Waals surface area (Å²) >= 11 is 0. The lowest BCUT2D eigenvalue weighted by Gasteiger charge is -2.23. The average molecular weight is 275 g/mol. The van der Waals surface area contributed by atoms with Gasteiger partial charge in [-0.3, -0.25) is 4.79 Å². The van der Waals surface area contributed by atoms with Gasteiger partial charge in [-0.2, -0.15) is 0 Å². The van der Waals surface area contributed by atoms with Crippen molar-refractivity contribution in [1.29, 1.82) is 0 Å². The highest BCUT2D eigenvalue weighted by Crippen LogP contribution is 2.60. The highest BCUT2D eigenvalue weighted by molar-refractivity contribution is 5.79. The van der Waals surface area contributed by atoms with Crippen molar-refractivity contribution < 1.29 is 14.3 Å². The molecule has 2 heterocycles. The van der Waals surface area contributed by atoms with E-state index in [1.165, 1.54) is 19.3 Å². The summed E-state index contributed by atoms with van der Waals surface area (Å²) in [6.45, 7) is 0.884. The maximum Gasteiger partial charge on any atom is 0.223 e. The van der Waals surface area contributed by atoms with E-state index in [2.05, 4.69) is 5.32 Å². The van der Waals surface area contributed by atoms with E-state index in [1.807, 2.05) is 0 Å². The minimum atomic E-state index is 0.243. The van der Waals surface area contributed by atoms with E-state index in [0.29, 0.717) is 48.1 Å². The Kier molecular flexibility index (Phi) is 1.88. The molecule has 0 unspecified atom stereocenters. The maximum absolute atomic E-state index is 12.5. The predicted octanol–water partition coefficient (Wildman–Crippen LogP) is 0.949. The number of epoxide rings is 2. The maximum atomic E-state index is 12.5. The van der Waals surface area contributed by atoms with Crippen molar-refractivity contribution in [3.63, 3.8) is 0 Å². The minimum absolute atomic E-state index is 0.243. The molecule has 4 nitrogen and oxygen atoms in total. The molecule has 10 atom stereocenters. The van der Waals surface area contributed by atoms with Crippen molar-refractivity contribution in [2.75, 3.05) is 6.54 Å². The minimum Gasteiger partial charge on any atom is -0.369 e. The first kappa shape index (κ1) is 11.0. The van der Waals surface area contributed by atoms with Crippen molar-refractivity contribution in [2.24, 2.45) is 35.5 Å². The van der Waals surface area contributed by atoms with Crippen molar-refractivity contribution in [3.05, 3.63) is 0 Å². The Bertz CT molecular complexity index is 494.